The highest BCUT2D eigenvalue weighted by Gasteiger charge is 2.08. The van der Waals surface area contributed by atoms with Crippen molar-refractivity contribution in [2.24, 2.45) is 4.99 Å². The van der Waals surface area contributed by atoms with Gasteiger partial charge in [-0.2, -0.15) is 4.98 Å². The maximum absolute atomic E-state index is 9.78. The molecule has 0 atom stereocenters. The summed E-state index contributed by atoms with van der Waals surface area (Å²) in [5.74, 6) is 0.700. The van der Waals surface area contributed by atoms with Gasteiger partial charge < -0.3 is 9.52 Å². The molecule has 0 fully saturated rings. The molecule has 0 aliphatic heterocycles. The molecule has 1 N–H and O–H groups in total. The van der Waals surface area contributed by atoms with E-state index in [1.807, 2.05) is 42.5 Å². The third kappa shape index (κ3) is 2.75. The second-order valence-corrected chi connectivity index (χ2v) is 5.21. The van der Waals surface area contributed by atoms with Gasteiger partial charge in [-0.1, -0.05) is 18.2 Å². The van der Waals surface area contributed by atoms with E-state index in [0.717, 1.165) is 11.3 Å². The molecule has 0 saturated carbocycles. The zero-order chi connectivity index (χ0) is 16.4. The zero-order valence-electron chi connectivity index (χ0n) is 12.6. The molecule has 0 aliphatic carbocycles. The molecule has 0 bridgehead atoms. The highest BCUT2D eigenvalue weighted by molar-refractivity contribution is 5.85. The van der Waals surface area contributed by atoms with Crippen LogP contribution in [0.2, 0.25) is 0 Å². The average Bonchev–Trinajstić information content (AvgIpc) is 3.06. The molecule has 4 aromatic rings. The lowest BCUT2D eigenvalue weighted by atomic mass is 10.2. The molecular formula is C19H13N3O2. The molecule has 0 saturated heterocycles. The summed E-state index contributed by atoms with van der Waals surface area (Å²) in [7, 11) is 0. The van der Waals surface area contributed by atoms with E-state index in [9.17, 15) is 5.11 Å². The van der Waals surface area contributed by atoms with Crippen molar-refractivity contribution in [2.75, 3.05) is 0 Å². The van der Waals surface area contributed by atoms with Gasteiger partial charge in [0.25, 0.3) is 0 Å². The fourth-order valence-electron chi connectivity index (χ4n) is 2.35. The summed E-state index contributed by atoms with van der Waals surface area (Å²) in [6.45, 7) is 0. The summed E-state index contributed by atoms with van der Waals surface area (Å²) in [6.07, 6.45) is 3.31. The van der Waals surface area contributed by atoms with Crippen molar-refractivity contribution in [1.29, 1.82) is 0 Å². The highest BCUT2D eigenvalue weighted by Crippen LogP contribution is 2.26. The number of rotatable bonds is 3. The molecule has 5 nitrogen and oxygen atoms in total. The number of phenols is 1. The number of aromatic hydroxyl groups is 1. The molecule has 2 heterocycles. The number of fused-ring (bicyclic) bond motifs is 1. The van der Waals surface area contributed by atoms with Crippen molar-refractivity contribution in [1.82, 2.24) is 9.97 Å². The van der Waals surface area contributed by atoms with E-state index >= 15 is 0 Å². The summed E-state index contributed by atoms with van der Waals surface area (Å²) in [4.78, 5) is 13.0. The zero-order valence-corrected chi connectivity index (χ0v) is 12.6. The monoisotopic (exact) mass is 315 g/mol. The minimum Gasteiger partial charge on any atom is -0.507 e. The number of aromatic nitrogens is 2. The van der Waals surface area contributed by atoms with Crippen LogP contribution in [0.4, 0.5) is 5.69 Å². The van der Waals surface area contributed by atoms with Crippen molar-refractivity contribution in [3.63, 3.8) is 0 Å². The predicted molar refractivity (Wildman–Crippen MR) is 92.6 cm³/mol. The van der Waals surface area contributed by atoms with E-state index in [0.29, 0.717) is 22.7 Å². The molecule has 2 aromatic carbocycles. The maximum atomic E-state index is 9.78. The Labute approximate surface area is 138 Å². The fraction of sp³-hybridized carbons (Fsp3) is 0. The summed E-state index contributed by atoms with van der Waals surface area (Å²) >= 11 is 0. The normalized spacial score (nSPS) is 11.3. The Bertz CT molecular complexity index is 1000. The van der Waals surface area contributed by atoms with E-state index in [2.05, 4.69) is 15.0 Å². The van der Waals surface area contributed by atoms with Crippen molar-refractivity contribution in [3.05, 3.63) is 72.4 Å². The largest absolute Gasteiger partial charge is 0.507 e. The first-order valence-electron chi connectivity index (χ1n) is 7.44. The maximum Gasteiger partial charge on any atom is 0.228 e. The number of aliphatic imine (C=N–C) groups is 1. The Kier molecular flexibility index (Phi) is 3.51. The number of hydrogen-bond acceptors (Lipinski definition) is 5. The molecule has 0 amide bonds. The van der Waals surface area contributed by atoms with Crippen molar-refractivity contribution in [3.8, 4) is 17.2 Å². The summed E-state index contributed by atoms with van der Waals surface area (Å²) in [6, 6.07) is 18.2. The van der Waals surface area contributed by atoms with Gasteiger partial charge in [0.15, 0.2) is 11.2 Å². The smallest absolute Gasteiger partial charge is 0.228 e. The van der Waals surface area contributed by atoms with E-state index in [1.165, 1.54) is 0 Å². The van der Waals surface area contributed by atoms with Gasteiger partial charge in [-0.3, -0.25) is 4.99 Å². The standard InChI is InChI=1S/C19H13N3O2/c23-16-8-2-1-5-14(16)12-21-15-7-3-6-13(11-15)19-22-18-17(24-19)9-4-10-20-18/h1-12,23H. The highest BCUT2D eigenvalue weighted by atomic mass is 16.3. The van der Waals surface area contributed by atoms with Gasteiger partial charge in [-0.25, -0.2) is 4.98 Å². The van der Waals surface area contributed by atoms with E-state index in [-0.39, 0.29) is 5.75 Å². The summed E-state index contributed by atoms with van der Waals surface area (Å²) in [5.41, 5.74) is 3.45. The van der Waals surface area contributed by atoms with Gasteiger partial charge in [0.2, 0.25) is 5.89 Å². The minimum absolute atomic E-state index is 0.197. The lowest BCUT2D eigenvalue weighted by molar-refractivity contribution is 0.474. The van der Waals surface area contributed by atoms with Crippen LogP contribution in [0.25, 0.3) is 22.7 Å². The molecule has 0 spiro atoms. The molecule has 0 aliphatic rings. The van der Waals surface area contributed by atoms with Crippen LogP contribution in [-0.2, 0) is 0 Å². The van der Waals surface area contributed by atoms with E-state index in [1.54, 1.807) is 30.6 Å². The number of benzene rings is 2. The van der Waals surface area contributed by atoms with Crippen LogP contribution >= 0.6 is 0 Å². The van der Waals surface area contributed by atoms with Crippen LogP contribution in [0.3, 0.4) is 0 Å². The first-order valence-corrected chi connectivity index (χ1v) is 7.44. The van der Waals surface area contributed by atoms with Crippen LogP contribution < -0.4 is 0 Å². The van der Waals surface area contributed by atoms with Crippen molar-refractivity contribution < 1.29 is 9.52 Å². The third-order valence-electron chi connectivity index (χ3n) is 3.55. The number of para-hydroxylation sites is 1. The first-order chi connectivity index (χ1) is 11.8. The third-order valence-corrected chi connectivity index (χ3v) is 3.55. The van der Waals surface area contributed by atoms with Crippen LogP contribution in [-0.4, -0.2) is 21.3 Å². The lowest BCUT2D eigenvalue weighted by Gasteiger charge is -1.99. The van der Waals surface area contributed by atoms with Gasteiger partial charge in [0, 0.05) is 23.5 Å². The summed E-state index contributed by atoms with van der Waals surface area (Å²) < 4.78 is 5.73. The second kappa shape index (κ2) is 5.96. The predicted octanol–water partition coefficient (Wildman–Crippen LogP) is 4.35. The second-order valence-electron chi connectivity index (χ2n) is 5.21. The van der Waals surface area contributed by atoms with Crippen LogP contribution in [0.1, 0.15) is 5.56 Å². The Balaban J connectivity index is 1.67. The number of oxazole rings is 1. The number of nitrogens with zero attached hydrogens (tertiary/aromatic N) is 3. The molecule has 5 heteroatoms. The van der Waals surface area contributed by atoms with Gasteiger partial charge >= 0.3 is 0 Å². The number of pyridine rings is 1. The molecular weight excluding hydrogens is 302 g/mol. The summed E-state index contributed by atoms with van der Waals surface area (Å²) in [5, 5.41) is 9.78. The van der Waals surface area contributed by atoms with Crippen LogP contribution in [0.5, 0.6) is 5.75 Å². The van der Waals surface area contributed by atoms with E-state index < -0.39 is 0 Å². The Morgan fingerprint density at radius 3 is 2.79 bits per heavy atom. The average molecular weight is 315 g/mol. The van der Waals surface area contributed by atoms with Gasteiger partial charge in [-0.05, 0) is 42.5 Å². The van der Waals surface area contributed by atoms with E-state index in [4.69, 9.17) is 4.42 Å². The van der Waals surface area contributed by atoms with Crippen LogP contribution in [0, 0.1) is 0 Å². The topological polar surface area (TPSA) is 71.5 Å². The lowest BCUT2D eigenvalue weighted by Crippen LogP contribution is -1.81. The molecule has 116 valence electrons. The molecule has 2 aromatic heterocycles. The SMILES string of the molecule is Oc1ccccc1C=Nc1cccc(-c2nc3ncccc3o2)c1. The number of phenolic OH excluding ortho intramolecular Hbond substituents is 1. The Morgan fingerprint density at radius 1 is 1.00 bits per heavy atom. The molecule has 4 rings (SSSR count). The Hall–Kier alpha value is -3.47. The minimum atomic E-state index is 0.197. The van der Waals surface area contributed by atoms with Crippen molar-refractivity contribution >= 4 is 23.1 Å². The molecule has 0 unspecified atom stereocenters. The quantitative estimate of drug-likeness (QED) is 0.571. The Morgan fingerprint density at radius 2 is 1.92 bits per heavy atom. The van der Waals surface area contributed by atoms with Crippen molar-refractivity contribution in [2.45, 2.75) is 0 Å². The van der Waals surface area contributed by atoms with Gasteiger partial charge in [0.1, 0.15) is 5.75 Å². The number of hydrogen-bond donors (Lipinski definition) is 1. The van der Waals surface area contributed by atoms with Crippen LogP contribution in [0.15, 0.2) is 76.3 Å². The van der Waals surface area contributed by atoms with Gasteiger partial charge in [0.05, 0.1) is 5.69 Å². The van der Waals surface area contributed by atoms with Gasteiger partial charge in [-0.15, -0.1) is 0 Å². The molecule has 24 heavy (non-hydrogen) atoms. The fourth-order valence-corrected chi connectivity index (χ4v) is 2.35. The molecule has 0 radical (unpaired) electrons. The first kappa shape index (κ1) is 14.1.